The highest BCUT2D eigenvalue weighted by atomic mass is 35.5. The third kappa shape index (κ3) is 3.90. The third-order valence-corrected chi connectivity index (χ3v) is 5.22. The van der Waals surface area contributed by atoms with E-state index in [0.29, 0.717) is 34.9 Å². The van der Waals surface area contributed by atoms with Gasteiger partial charge >= 0.3 is 0 Å². The van der Waals surface area contributed by atoms with Gasteiger partial charge in [0.25, 0.3) is 5.56 Å². The topological polar surface area (TPSA) is 41.4 Å². The monoisotopic (exact) mass is 394 g/mol. The van der Waals surface area contributed by atoms with Crippen LogP contribution in [0.2, 0.25) is 10.0 Å². The van der Waals surface area contributed by atoms with Gasteiger partial charge in [0, 0.05) is 33.5 Å². The predicted octanol–water partition coefficient (Wildman–Crippen LogP) is 4.73. The smallest absolute Gasteiger partial charge is 0.259 e. The minimum absolute atomic E-state index is 0.00539. The van der Waals surface area contributed by atoms with Crippen molar-refractivity contribution in [3.8, 4) is 0 Å². The molecule has 0 N–H and O–H groups in total. The lowest BCUT2D eigenvalue weighted by atomic mass is 10.2. The second kappa shape index (κ2) is 7.99. The summed E-state index contributed by atoms with van der Waals surface area (Å²) in [5.41, 5.74) is 2.28. The Labute approximate surface area is 164 Å². The quantitative estimate of drug-likeness (QED) is 0.687. The van der Waals surface area contributed by atoms with Crippen LogP contribution in [0.15, 0.2) is 23.0 Å². The molecule has 2 aromatic rings. The highest BCUT2D eigenvalue weighted by molar-refractivity contribution is 6.35. The zero-order chi connectivity index (χ0) is 18.8. The van der Waals surface area contributed by atoms with Crippen LogP contribution in [0.1, 0.15) is 37.4 Å². The van der Waals surface area contributed by atoms with Crippen LogP contribution >= 0.6 is 23.2 Å². The predicted molar refractivity (Wildman–Crippen MR) is 108 cm³/mol. The van der Waals surface area contributed by atoms with Gasteiger partial charge in [-0.15, -0.1) is 0 Å². The first-order chi connectivity index (χ1) is 12.4. The van der Waals surface area contributed by atoms with Gasteiger partial charge in [0.2, 0.25) is 5.95 Å². The molecule has 140 valence electrons. The molecule has 3 rings (SSSR count). The number of nitrogens with zero attached hydrogens (tertiary/aromatic N) is 4. The molecule has 26 heavy (non-hydrogen) atoms. The van der Waals surface area contributed by atoms with Crippen LogP contribution in [0.3, 0.4) is 0 Å². The van der Waals surface area contributed by atoms with Crippen LogP contribution in [0.4, 0.5) is 11.6 Å². The molecule has 0 radical (unpaired) electrons. The van der Waals surface area contributed by atoms with Crippen molar-refractivity contribution in [3.05, 3.63) is 49.9 Å². The van der Waals surface area contributed by atoms with Crippen LogP contribution < -0.4 is 10.5 Å². The molecule has 0 saturated carbocycles. The molecule has 2 heterocycles. The second-order valence-corrected chi connectivity index (χ2v) is 7.67. The molecule has 0 fully saturated rings. The van der Waals surface area contributed by atoms with Crippen LogP contribution in [0.25, 0.3) is 0 Å². The Kier molecular flexibility index (Phi) is 5.90. The molecule has 5 nitrogen and oxygen atoms in total. The molecular weight excluding hydrogens is 371 g/mol. The number of aryl methyl sites for hydroxylation is 1. The first-order valence-corrected chi connectivity index (χ1v) is 9.70. The molecule has 0 amide bonds. The van der Waals surface area contributed by atoms with Crippen molar-refractivity contribution in [2.45, 2.75) is 46.7 Å². The molecular formula is C19H24Cl2N4O. The zero-order valence-electron chi connectivity index (χ0n) is 15.4. The molecule has 0 saturated heterocycles. The summed E-state index contributed by atoms with van der Waals surface area (Å²) in [5, 5.41) is 1.13. The molecule has 1 aromatic heterocycles. The number of aromatic nitrogens is 2. The molecule has 1 aromatic carbocycles. The number of hydrogen-bond acceptors (Lipinski definition) is 4. The molecule has 0 unspecified atom stereocenters. The van der Waals surface area contributed by atoms with Crippen molar-refractivity contribution >= 4 is 34.8 Å². The van der Waals surface area contributed by atoms with E-state index in [1.54, 1.807) is 10.6 Å². The fourth-order valence-electron chi connectivity index (χ4n) is 3.20. The van der Waals surface area contributed by atoms with Gasteiger partial charge in [-0.3, -0.25) is 19.2 Å². The van der Waals surface area contributed by atoms with Crippen molar-refractivity contribution in [2.24, 2.45) is 0 Å². The maximum Gasteiger partial charge on any atom is 0.259 e. The largest absolute Gasteiger partial charge is 0.298 e. The number of benzene rings is 1. The molecule has 0 atom stereocenters. The molecule has 0 spiro atoms. The highest BCUT2D eigenvalue weighted by Gasteiger charge is 2.27. The number of unbranched alkanes of at least 4 members (excludes halogenated alkanes) is 2. The Bertz CT molecular complexity index is 845. The van der Waals surface area contributed by atoms with E-state index in [1.807, 2.05) is 30.9 Å². The summed E-state index contributed by atoms with van der Waals surface area (Å²) in [6, 6.07) is 5.42. The van der Waals surface area contributed by atoms with Crippen LogP contribution in [0.5, 0.6) is 0 Å². The minimum atomic E-state index is 0.00539. The van der Waals surface area contributed by atoms with Gasteiger partial charge in [-0.2, -0.15) is 0 Å². The molecule has 1 aliphatic heterocycles. The Morgan fingerprint density at radius 2 is 1.77 bits per heavy atom. The minimum Gasteiger partial charge on any atom is -0.298 e. The maximum atomic E-state index is 12.8. The standard InChI is InChI=1S/C19H24Cl2N4O/c1-4-5-6-7-23-11-24(17-9-15(20)8-16(21)10-17)19-22-14(3)13(2)18(26)25(19)12-23/h8-10H,4-7,11-12H2,1-3H3. The number of anilines is 2. The van der Waals surface area contributed by atoms with Crippen molar-refractivity contribution in [2.75, 3.05) is 18.1 Å². The third-order valence-electron chi connectivity index (χ3n) is 4.78. The highest BCUT2D eigenvalue weighted by Crippen LogP contribution is 2.32. The Balaban J connectivity index is 2.06. The van der Waals surface area contributed by atoms with E-state index in [2.05, 4.69) is 11.8 Å². The van der Waals surface area contributed by atoms with Gasteiger partial charge in [0.05, 0.1) is 13.3 Å². The van der Waals surface area contributed by atoms with E-state index in [4.69, 9.17) is 28.2 Å². The van der Waals surface area contributed by atoms with E-state index in [1.165, 1.54) is 6.42 Å². The summed E-state index contributed by atoms with van der Waals surface area (Å²) in [6.45, 7) is 8.01. The molecule has 0 aliphatic carbocycles. The van der Waals surface area contributed by atoms with Gasteiger partial charge in [0.1, 0.15) is 0 Å². The van der Waals surface area contributed by atoms with E-state index in [-0.39, 0.29) is 5.56 Å². The van der Waals surface area contributed by atoms with Crippen molar-refractivity contribution in [3.63, 3.8) is 0 Å². The van der Waals surface area contributed by atoms with E-state index in [9.17, 15) is 4.79 Å². The van der Waals surface area contributed by atoms with Crippen LogP contribution in [0, 0.1) is 13.8 Å². The normalized spacial score (nSPS) is 14.6. The number of halogens is 2. The fraction of sp³-hybridized carbons (Fsp3) is 0.474. The van der Waals surface area contributed by atoms with Gasteiger partial charge < -0.3 is 0 Å². The Morgan fingerprint density at radius 3 is 2.42 bits per heavy atom. The Morgan fingerprint density at radius 1 is 1.08 bits per heavy atom. The summed E-state index contributed by atoms with van der Waals surface area (Å²) < 4.78 is 1.74. The van der Waals surface area contributed by atoms with Gasteiger partial charge in [-0.05, 0) is 38.5 Å². The van der Waals surface area contributed by atoms with E-state index < -0.39 is 0 Å². The van der Waals surface area contributed by atoms with Crippen molar-refractivity contribution < 1.29 is 0 Å². The van der Waals surface area contributed by atoms with Gasteiger partial charge in [0.15, 0.2) is 0 Å². The van der Waals surface area contributed by atoms with E-state index >= 15 is 0 Å². The number of fused-ring (bicyclic) bond motifs is 1. The number of rotatable bonds is 5. The summed E-state index contributed by atoms with van der Waals surface area (Å²) in [7, 11) is 0. The lowest BCUT2D eigenvalue weighted by Crippen LogP contribution is -2.48. The van der Waals surface area contributed by atoms with E-state index in [0.717, 1.165) is 30.8 Å². The fourth-order valence-corrected chi connectivity index (χ4v) is 3.72. The second-order valence-electron chi connectivity index (χ2n) is 6.80. The number of hydrogen-bond donors (Lipinski definition) is 0. The maximum absolute atomic E-state index is 12.8. The lowest BCUT2D eigenvalue weighted by Gasteiger charge is -2.38. The van der Waals surface area contributed by atoms with Crippen LogP contribution in [-0.2, 0) is 6.67 Å². The SMILES string of the molecule is CCCCCN1CN(c2cc(Cl)cc(Cl)c2)c2nc(C)c(C)c(=O)n2C1. The average Bonchev–Trinajstić information content (AvgIpc) is 2.59. The van der Waals surface area contributed by atoms with Gasteiger partial charge in [-0.1, -0.05) is 43.0 Å². The first kappa shape index (κ1) is 19.2. The van der Waals surface area contributed by atoms with Crippen LogP contribution in [-0.4, -0.2) is 27.7 Å². The summed E-state index contributed by atoms with van der Waals surface area (Å²) >= 11 is 12.4. The summed E-state index contributed by atoms with van der Waals surface area (Å²) in [5.74, 6) is 0.642. The zero-order valence-corrected chi connectivity index (χ0v) is 16.9. The summed E-state index contributed by atoms with van der Waals surface area (Å²) in [6.07, 6.45) is 3.44. The first-order valence-electron chi connectivity index (χ1n) is 8.94. The molecule has 0 bridgehead atoms. The molecule has 7 heteroatoms. The molecule has 1 aliphatic rings. The summed E-state index contributed by atoms with van der Waals surface area (Å²) in [4.78, 5) is 21.8. The Hall–Kier alpha value is -1.56. The average molecular weight is 395 g/mol. The van der Waals surface area contributed by atoms with Crippen molar-refractivity contribution in [1.82, 2.24) is 14.5 Å². The lowest BCUT2D eigenvalue weighted by molar-refractivity contribution is 0.194. The van der Waals surface area contributed by atoms with Gasteiger partial charge in [-0.25, -0.2) is 4.98 Å². The van der Waals surface area contributed by atoms with Crippen molar-refractivity contribution in [1.29, 1.82) is 0 Å².